The Labute approximate surface area is 267 Å². The molecule has 0 saturated heterocycles. The molecule has 0 bridgehead atoms. The second-order valence-electron chi connectivity index (χ2n) is 11.2. The number of nitrogens with zero attached hydrogens (tertiary/aromatic N) is 1. The first kappa shape index (κ1) is 31.3. The first-order valence-electron chi connectivity index (χ1n) is 14.9. The minimum absolute atomic E-state index is 0.118. The Kier molecular flexibility index (Phi) is 8.79. The molecule has 5 aromatic rings. The monoisotopic (exact) mass is 644 g/mol. The second-order valence-corrected chi connectivity index (χ2v) is 12.8. The van der Waals surface area contributed by atoms with Crippen molar-refractivity contribution in [2.24, 2.45) is 0 Å². The van der Waals surface area contributed by atoms with E-state index in [-0.39, 0.29) is 12.5 Å². The molecule has 0 amide bonds. The Morgan fingerprint density at radius 1 is 0.891 bits per heavy atom. The number of nitrogens with one attached hydrogen (secondary N) is 1. The van der Waals surface area contributed by atoms with Crippen molar-refractivity contribution in [3.8, 4) is 23.0 Å². The van der Waals surface area contributed by atoms with Crippen LogP contribution in [-0.4, -0.2) is 60.0 Å². The third-order valence-corrected chi connectivity index (χ3v) is 8.82. The van der Waals surface area contributed by atoms with Crippen LogP contribution in [0.1, 0.15) is 40.4 Å². The summed E-state index contributed by atoms with van der Waals surface area (Å²) in [6.45, 7) is 0.661. The summed E-state index contributed by atoms with van der Waals surface area (Å²) in [7, 11) is 0.902. The van der Waals surface area contributed by atoms with E-state index in [9.17, 15) is 13.2 Å². The maximum atomic E-state index is 14.5. The number of H-pyrrole nitrogens is 1. The number of rotatable bonds is 11. The predicted molar refractivity (Wildman–Crippen MR) is 177 cm³/mol. The standard InChI is InChI=1S/C35H36N2O8S/c1-41-30-18-23-17-28(36-31(23)35(43-3)34(30)42-2)33(38)26-15-10-16-37(21-45-46(4,39)40)32-25-14-9-8-13-24(25)29(19-27(26)32)44-20-22-11-6-5-7-12-22/h5-9,11-14,17-19,26,36H,10,15-16,20-21H2,1-4H3. The van der Waals surface area contributed by atoms with Crippen LogP contribution in [0.15, 0.2) is 72.8 Å². The summed E-state index contributed by atoms with van der Waals surface area (Å²) in [5.41, 5.74) is 3.52. The zero-order valence-corrected chi connectivity index (χ0v) is 27.0. The minimum Gasteiger partial charge on any atom is -0.493 e. The smallest absolute Gasteiger partial charge is 0.266 e. The molecule has 11 heteroatoms. The number of aromatic nitrogens is 1. The fraction of sp³-hybridized carbons (Fsp3) is 0.286. The van der Waals surface area contributed by atoms with Crippen molar-refractivity contribution in [3.05, 3.63) is 89.6 Å². The molecule has 6 rings (SSSR count). The number of ether oxygens (including phenoxy) is 4. The van der Waals surface area contributed by atoms with Gasteiger partial charge in [0.2, 0.25) is 5.75 Å². The zero-order valence-electron chi connectivity index (χ0n) is 26.2. The van der Waals surface area contributed by atoms with Crippen molar-refractivity contribution < 1.29 is 36.3 Å². The third-order valence-electron chi connectivity index (χ3n) is 8.28. The number of anilines is 1. The van der Waals surface area contributed by atoms with Gasteiger partial charge in [-0.3, -0.25) is 4.79 Å². The van der Waals surface area contributed by atoms with Crippen LogP contribution in [0.25, 0.3) is 21.7 Å². The predicted octanol–water partition coefficient (Wildman–Crippen LogP) is 6.43. The van der Waals surface area contributed by atoms with E-state index in [0.29, 0.717) is 60.2 Å². The molecule has 1 unspecified atom stereocenters. The molecular formula is C35H36N2O8S. The van der Waals surface area contributed by atoms with Gasteiger partial charge in [0.25, 0.3) is 10.1 Å². The van der Waals surface area contributed by atoms with Crippen molar-refractivity contribution in [3.63, 3.8) is 0 Å². The fourth-order valence-electron chi connectivity index (χ4n) is 6.20. The summed E-state index contributed by atoms with van der Waals surface area (Å²) in [6, 6.07) is 23.2. The van der Waals surface area contributed by atoms with E-state index >= 15 is 0 Å². The zero-order chi connectivity index (χ0) is 32.4. The van der Waals surface area contributed by atoms with Crippen LogP contribution in [0, 0.1) is 0 Å². The maximum Gasteiger partial charge on any atom is 0.266 e. The summed E-state index contributed by atoms with van der Waals surface area (Å²) in [4.78, 5) is 19.7. The molecule has 46 heavy (non-hydrogen) atoms. The van der Waals surface area contributed by atoms with Crippen LogP contribution < -0.4 is 23.8 Å². The molecule has 1 N–H and O–H groups in total. The molecule has 0 fully saturated rings. The Hall–Kier alpha value is -4.74. The molecule has 0 radical (unpaired) electrons. The molecule has 0 spiro atoms. The number of benzene rings is 4. The molecule has 1 aliphatic heterocycles. The van der Waals surface area contributed by atoms with Crippen LogP contribution in [0.3, 0.4) is 0 Å². The average Bonchev–Trinajstić information content (AvgIpc) is 3.40. The Morgan fingerprint density at radius 3 is 2.30 bits per heavy atom. The number of hydrogen-bond acceptors (Lipinski definition) is 9. The van der Waals surface area contributed by atoms with E-state index < -0.39 is 16.0 Å². The molecule has 1 aromatic heterocycles. The minimum atomic E-state index is -3.72. The van der Waals surface area contributed by atoms with E-state index in [0.717, 1.165) is 39.2 Å². The summed E-state index contributed by atoms with van der Waals surface area (Å²) >= 11 is 0. The second kappa shape index (κ2) is 12.9. The lowest BCUT2D eigenvalue weighted by molar-refractivity contribution is 0.0951. The number of Topliss-reactive ketones (excluding diaryl/α,β-unsaturated/α-hetero) is 1. The van der Waals surface area contributed by atoms with Gasteiger partial charge in [-0.05, 0) is 42.2 Å². The third kappa shape index (κ3) is 6.08. The van der Waals surface area contributed by atoms with E-state index in [1.54, 1.807) is 19.2 Å². The van der Waals surface area contributed by atoms with Crippen molar-refractivity contribution in [2.45, 2.75) is 25.4 Å². The largest absolute Gasteiger partial charge is 0.493 e. The first-order valence-corrected chi connectivity index (χ1v) is 16.7. The van der Waals surface area contributed by atoms with Crippen LogP contribution >= 0.6 is 0 Å². The van der Waals surface area contributed by atoms with E-state index in [2.05, 4.69) is 4.98 Å². The van der Waals surface area contributed by atoms with E-state index in [1.807, 2.05) is 65.6 Å². The lowest BCUT2D eigenvalue weighted by Gasteiger charge is -2.27. The number of aromatic amines is 1. The van der Waals surface area contributed by atoms with Gasteiger partial charge < -0.3 is 28.8 Å². The van der Waals surface area contributed by atoms with Gasteiger partial charge in [0.1, 0.15) is 19.1 Å². The average molecular weight is 645 g/mol. The SMILES string of the molecule is COc1cc2cc(C(=O)C3CCCN(COS(C)(=O)=O)c4c3cc(OCc3ccccc3)c3ccccc43)[nH]c2c(OC)c1OC. The molecule has 0 aliphatic carbocycles. The van der Waals surface area contributed by atoms with Crippen LogP contribution in [0.2, 0.25) is 0 Å². The first-order chi connectivity index (χ1) is 22.2. The number of ketones is 1. The Balaban J connectivity index is 1.49. The summed E-state index contributed by atoms with van der Waals surface area (Å²) in [5.74, 6) is 1.29. The van der Waals surface area contributed by atoms with Crippen molar-refractivity contribution >= 4 is 43.3 Å². The van der Waals surface area contributed by atoms with Gasteiger partial charge in [-0.2, -0.15) is 8.42 Å². The number of carbonyl (C=O) groups excluding carboxylic acids is 1. The molecule has 10 nitrogen and oxygen atoms in total. The highest BCUT2D eigenvalue weighted by molar-refractivity contribution is 7.86. The van der Waals surface area contributed by atoms with Gasteiger partial charge >= 0.3 is 0 Å². The molecule has 4 aromatic carbocycles. The number of methoxy groups -OCH3 is 3. The van der Waals surface area contributed by atoms with Crippen LogP contribution in [0.5, 0.6) is 23.0 Å². The number of hydrogen-bond donors (Lipinski definition) is 1. The lowest BCUT2D eigenvalue weighted by Crippen LogP contribution is -2.29. The number of carbonyl (C=O) groups is 1. The normalized spacial score (nSPS) is 15.0. The highest BCUT2D eigenvalue weighted by atomic mass is 32.2. The molecule has 1 aliphatic rings. The Bertz CT molecular complexity index is 2010. The van der Waals surface area contributed by atoms with E-state index in [1.165, 1.54) is 14.2 Å². The van der Waals surface area contributed by atoms with Crippen molar-refractivity contribution in [1.82, 2.24) is 4.98 Å². The molecule has 1 atom stereocenters. The van der Waals surface area contributed by atoms with Crippen LogP contribution in [0.4, 0.5) is 5.69 Å². The Morgan fingerprint density at radius 2 is 1.61 bits per heavy atom. The van der Waals surface area contributed by atoms with Gasteiger partial charge in [0, 0.05) is 22.7 Å². The topological polar surface area (TPSA) is 116 Å². The molecule has 0 saturated carbocycles. The van der Waals surface area contributed by atoms with Gasteiger partial charge in [-0.1, -0.05) is 54.6 Å². The summed E-state index contributed by atoms with van der Waals surface area (Å²) < 4.78 is 52.5. The molecular weight excluding hydrogens is 608 g/mol. The van der Waals surface area contributed by atoms with Gasteiger partial charge in [0.15, 0.2) is 17.3 Å². The highest BCUT2D eigenvalue weighted by Crippen LogP contribution is 2.47. The number of fused-ring (bicyclic) bond motifs is 4. The van der Waals surface area contributed by atoms with Crippen molar-refractivity contribution in [2.75, 3.05) is 45.8 Å². The van der Waals surface area contributed by atoms with Crippen molar-refractivity contribution in [1.29, 1.82) is 0 Å². The van der Waals surface area contributed by atoms with Crippen LogP contribution in [-0.2, 0) is 20.9 Å². The van der Waals surface area contributed by atoms with E-state index in [4.69, 9.17) is 23.1 Å². The quantitative estimate of drug-likeness (QED) is 0.128. The summed E-state index contributed by atoms with van der Waals surface area (Å²) in [6.07, 6.45) is 2.18. The molecule has 240 valence electrons. The molecule has 2 heterocycles. The maximum absolute atomic E-state index is 14.5. The van der Waals surface area contributed by atoms with Gasteiger partial charge in [-0.25, -0.2) is 4.18 Å². The lowest BCUT2D eigenvalue weighted by atomic mass is 9.86. The summed E-state index contributed by atoms with van der Waals surface area (Å²) in [5, 5.41) is 2.43. The van der Waals surface area contributed by atoms with Gasteiger partial charge in [-0.15, -0.1) is 0 Å². The fourth-order valence-corrected chi connectivity index (χ4v) is 6.52. The van der Waals surface area contributed by atoms with Gasteiger partial charge in [0.05, 0.1) is 50.4 Å². The highest BCUT2D eigenvalue weighted by Gasteiger charge is 2.33.